The third-order valence-electron chi connectivity index (χ3n) is 2.76. The molecule has 0 aliphatic carbocycles. The van der Waals surface area contributed by atoms with Crippen LogP contribution < -0.4 is 4.74 Å². The van der Waals surface area contributed by atoms with Gasteiger partial charge in [-0.15, -0.1) is 0 Å². The van der Waals surface area contributed by atoms with E-state index in [1.165, 1.54) is 4.90 Å². The molecule has 0 fully saturated rings. The highest BCUT2D eigenvalue weighted by Gasteiger charge is 2.11. The van der Waals surface area contributed by atoms with Crippen molar-refractivity contribution in [3.05, 3.63) is 29.3 Å². The lowest BCUT2D eigenvalue weighted by molar-refractivity contribution is -0.143. The summed E-state index contributed by atoms with van der Waals surface area (Å²) in [6.45, 7) is 2.71. The number of carbonyl (C=O) groups excluding carboxylic acids is 2. The molecule has 0 aliphatic heterocycles. The molecule has 0 saturated heterocycles. The maximum Gasteiger partial charge on any atom is 0.307 e. The van der Waals surface area contributed by atoms with Gasteiger partial charge in [-0.25, -0.2) is 0 Å². The van der Waals surface area contributed by atoms with Gasteiger partial charge < -0.3 is 14.4 Å². The van der Waals surface area contributed by atoms with Crippen LogP contribution in [0.5, 0.6) is 5.75 Å². The molecular formula is C15H20ClNO4. The van der Waals surface area contributed by atoms with Crippen molar-refractivity contribution in [3.63, 3.8) is 0 Å². The monoisotopic (exact) mass is 313 g/mol. The van der Waals surface area contributed by atoms with E-state index in [-0.39, 0.29) is 31.3 Å². The first kappa shape index (κ1) is 17.3. The van der Waals surface area contributed by atoms with E-state index < -0.39 is 0 Å². The molecule has 1 rings (SSSR count). The summed E-state index contributed by atoms with van der Waals surface area (Å²) in [5.74, 6) is 0.248. The van der Waals surface area contributed by atoms with Crippen molar-refractivity contribution in [1.82, 2.24) is 4.90 Å². The summed E-state index contributed by atoms with van der Waals surface area (Å²) in [6, 6.07) is 7.00. The van der Waals surface area contributed by atoms with Crippen LogP contribution in [0.3, 0.4) is 0 Å². The predicted molar refractivity (Wildman–Crippen MR) is 80.5 cm³/mol. The molecule has 0 saturated carbocycles. The fourth-order valence-corrected chi connectivity index (χ4v) is 1.80. The van der Waals surface area contributed by atoms with Gasteiger partial charge >= 0.3 is 5.97 Å². The molecule has 0 spiro atoms. The fourth-order valence-electron chi connectivity index (χ4n) is 1.62. The number of nitrogens with zero attached hydrogens (tertiary/aromatic N) is 1. The third-order valence-corrected chi connectivity index (χ3v) is 3.00. The van der Waals surface area contributed by atoms with Gasteiger partial charge in [0.05, 0.1) is 26.1 Å². The van der Waals surface area contributed by atoms with Gasteiger partial charge in [-0.1, -0.05) is 17.7 Å². The van der Waals surface area contributed by atoms with E-state index in [0.717, 1.165) is 0 Å². The highest BCUT2D eigenvalue weighted by molar-refractivity contribution is 6.30. The Bertz CT molecular complexity index is 478. The van der Waals surface area contributed by atoms with Gasteiger partial charge in [-0.3, -0.25) is 9.59 Å². The van der Waals surface area contributed by atoms with Crippen LogP contribution in [0.25, 0.3) is 0 Å². The lowest BCUT2D eigenvalue weighted by atomic mass is 10.3. The molecule has 1 amide bonds. The van der Waals surface area contributed by atoms with Crippen molar-refractivity contribution >= 4 is 23.5 Å². The zero-order valence-corrected chi connectivity index (χ0v) is 13.1. The second kappa shape index (κ2) is 9.23. The fraction of sp³-hybridized carbons (Fsp3) is 0.467. The molecule has 21 heavy (non-hydrogen) atoms. The van der Waals surface area contributed by atoms with Gasteiger partial charge in [0.2, 0.25) is 5.91 Å². The van der Waals surface area contributed by atoms with E-state index in [2.05, 4.69) is 0 Å². The number of amides is 1. The first-order valence-corrected chi connectivity index (χ1v) is 7.18. The molecule has 116 valence electrons. The number of ether oxygens (including phenoxy) is 2. The molecule has 0 atom stereocenters. The van der Waals surface area contributed by atoms with Crippen LogP contribution in [0.2, 0.25) is 5.02 Å². The maximum atomic E-state index is 11.8. The van der Waals surface area contributed by atoms with Crippen LogP contribution in [0.1, 0.15) is 19.8 Å². The summed E-state index contributed by atoms with van der Waals surface area (Å²) < 4.78 is 10.3. The number of hydrogen-bond donors (Lipinski definition) is 0. The van der Waals surface area contributed by atoms with Crippen LogP contribution >= 0.6 is 11.6 Å². The van der Waals surface area contributed by atoms with Gasteiger partial charge in [0.25, 0.3) is 0 Å². The van der Waals surface area contributed by atoms with Gasteiger partial charge in [0.15, 0.2) is 0 Å². The lowest BCUT2D eigenvalue weighted by Gasteiger charge is -2.16. The average molecular weight is 314 g/mol. The highest BCUT2D eigenvalue weighted by Crippen LogP contribution is 2.17. The summed E-state index contributed by atoms with van der Waals surface area (Å²) in [5.41, 5.74) is 0. The van der Waals surface area contributed by atoms with Crippen LogP contribution in [0.15, 0.2) is 24.3 Å². The van der Waals surface area contributed by atoms with Crippen LogP contribution in [0.4, 0.5) is 0 Å². The minimum atomic E-state index is -0.299. The molecule has 0 bridgehead atoms. The maximum absolute atomic E-state index is 11.8. The topological polar surface area (TPSA) is 55.8 Å². The summed E-state index contributed by atoms with van der Waals surface area (Å²) in [4.78, 5) is 24.5. The summed E-state index contributed by atoms with van der Waals surface area (Å²) in [6.07, 6.45) is 0.442. The van der Waals surface area contributed by atoms with Crippen LogP contribution in [-0.4, -0.2) is 43.6 Å². The van der Waals surface area contributed by atoms with E-state index in [4.69, 9.17) is 21.1 Å². The number of rotatable bonds is 8. The van der Waals surface area contributed by atoms with E-state index in [9.17, 15) is 9.59 Å². The molecule has 5 nitrogen and oxygen atoms in total. The molecule has 0 heterocycles. The predicted octanol–water partition coefficient (Wildman–Crippen LogP) is 2.52. The first-order valence-electron chi connectivity index (χ1n) is 6.81. The number of halogens is 1. The largest absolute Gasteiger partial charge is 0.493 e. The zero-order valence-electron chi connectivity index (χ0n) is 12.3. The molecule has 0 unspecified atom stereocenters. The summed E-state index contributed by atoms with van der Waals surface area (Å²) >= 11 is 5.83. The number of benzene rings is 1. The molecule has 1 aromatic rings. The number of esters is 1. The van der Waals surface area contributed by atoms with E-state index >= 15 is 0 Å². The van der Waals surface area contributed by atoms with Crippen molar-refractivity contribution < 1.29 is 19.1 Å². The van der Waals surface area contributed by atoms with Gasteiger partial charge in [-0.2, -0.15) is 0 Å². The Labute approximate surface area is 129 Å². The van der Waals surface area contributed by atoms with Crippen molar-refractivity contribution in [3.8, 4) is 5.75 Å². The number of hydrogen-bond acceptors (Lipinski definition) is 4. The first-order chi connectivity index (χ1) is 10.0. The van der Waals surface area contributed by atoms with Gasteiger partial charge in [0.1, 0.15) is 5.75 Å². The lowest BCUT2D eigenvalue weighted by Crippen LogP contribution is -2.30. The van der Waals surface area contributed by atoms with Crippen LogP contribution in [-0.2, 0) is 14.3 Å². The average Bonchev–Trinajstić information content (AvgIpc) is 2.45. The Hall–Kier alpha value is -1.75. The quantitative estimate of drug-likeness (QED) is 0.692. The molecule has 0 radical (unpaired) electrons. The molecule has 0 aromatic heterocycles. The normalized spacial score (nSPS) is 10.0. The van der Waals surface area contributed by atoms with E-state index in [1.54, 1.807) is 38.2 Å². The van der Waals surface area contributed by atoms with E-state index in [0.29, 0.717) is 23.9 Å². The Morgan fingerprint density at radius 2 is 2.05 bits per heavy atom. The summed E-state index contributed by atoms with van der Waals surface area (Å²) in [7, 11) is 1.65. The Morgan fingerprint density at radius 3 is 2.71 bits per heavy atom. The zero-order chi connectivity index (χ0) is 15.7. The molecule has 6 heteroatoms. The minimum absolute atomic E-state index is 0.0821. The standard InChI is InChI=1S/C15H20ClNO4/c1-3-20-15(19)7-9-17(2)14(18)8-10-21-13-6-4-5-12(16)11-13/h4-6,11H,3,7-10H2,1-2H3. The SMILES string of the molecule is CCOC(=O)CCN(C)C(=O)CCOc1cccc(Cl)c1. The second-order valence-electron chi connectivity index (χ2n) is 4.43. The van der Waals surface area contributed by atoms with Crippen molar-refractivity contribution in [2.24, 2.45) is 0 Å². The third kappa shape index (κ3) is 6.99. The molecule has 1 aromatic carbocycles. The van der Waals surface area contributed by atoms with Gasteiger partial charge in [-0.05, 0) is 25.1 Å². The molecule has 0 aliphatic rings. The second-order valence-corrected chi connectivity index (χ2v) is 4.86. The van der Waals surface area contributed by atoms with Gasteiger partial charge in [0, 0.05) is 18.6 Å². The van der Waals surface area contributed by atoms with Crippen LogP contribution in [0, 0.1) is 0 Å². The Morgan fingerprint density at radius 1 is 1.29 bits per heavy atom. The smallest absolute Gasteiger partial charge is 0.307 e. The van der Waals surface area contributed by atoms with E-state index in [1.807, 2.05) is 0 Å². The number of carbonyl (C=O) groups is 2. The van der Waals surface area contributed by atoms with Crippen molar-refractivity contribution in [2.45, 2.75) is 19.8 Å². The summed E-state index contributed by atoms with van der Waals surface area (Å²) in [5, 5.41) is 0.588. The minimum Gasteiger partial charge on any atom is -0.493 e. The highest BCUT2D eigenvalue weighted by atomic mass is 35.5. The Kier molecular flexibility index (Phi) is 7.61. The van der Waals surface area contributed by atoms with Crippen molar-refractivity contribution in [2.75, 3.05) is 26.8 Å². The Balaban J connectivity index is 2.25. The molecule has 0 N–H and O–H groups in total. The van der Waals surface area contributed by atoms with Crippen molar-refractivity contribution in [1.29, 1.82) is 0 Å². The molecular weight excluding hydrogens is 294 g/mol.